The molecule has 0 radical (unpaired) electrons. The third kappa shape index (κ3) is 4.87. The average molecular weight is 340 g/mol. The van der Waals surface area contributed by atoms with Crippen LogP contribution in [0.5, 0.6) is 0 Å². The molecule has 0 bridgehead atoms. The summed E-state index contributed by atoms with van der Waals surface area (Å²) in [6.45, 7) is 2.00. The molecule has 0 aromatic heterocycles. The van der Waals surface area contributed by atoms with E-state index in [2.05, 4.69) is 20.7 Å². The third-order valence-electron chi connectivity index (χ3n) is 2.07. The van der Waals surface area contributed by atoms with Crippen molar-refractivity contribution in [3.8, 4) is 0 Å². The second-order valence-electron chi connectivity index (χ2n) is 3.28. The van der Waals surface area contributed by atoms with Crippen LogP contribution in [0.3, 0.4) is 0 Å². The molecule has 1 rings (SSSR count). The van der Waals surface area contributed by atoms with Gasteiger partial charge in [0.15, 0.2) is 0 Å². The van der Waals surface area contributed by atoms with Crippen LogP contribution in [0.2, 0.25) is 0 Å². The summed E-state index contributed by atoms with van der Waals surface area (Å²) in [7, 11) is -4.44. The van der Waals surface area contributed by atoms with Gasteiger partial charge < -0.3 is 0 Å². The summed E-state index contributed by atoms with van der Waals surface area (Å²) in [5.74, 6) is 0.881. The summed E-state index contributed by atoms with van der Waals surface area (Å²) in [4.78, 5) is 0.211. The van der Waals surface area contributed by atoms with Gasteiger partial charge in [-0.05, 0) is 24.3 Å². The molecule has 0 amide bonds. The normalized spacial score (nSPS) is 13.5. The molecule has 0 heterocycles. The van der Waals surface area contributed by atoms with Crippen LogP contribution in [-0.4, -0.2) is 30.7 Å². The molecular formula is C10H14BrNO3S2. The van der Waals surface area contributed by atoms with E-state index in [4.69, 9.17) is 0 Å². The molecule has 4 nitrogen and oxygen atoms in total. The minimum absolute atomic E-state index is 0.193. The molecule has 0 saturated carbocycles. The Labute approximate surface area is 112 Å². The van der Waals surface area contributed by atoms with E-state index in [1.807, 2.05) is 0 Å². The summed E-state index contributed by atoms with van der Waals surface area (Å²) >= 11 is 3.24. The number of halogens is 1. The van der Waals surface area contributed by atoms with Crippen LogP contribution in [-0.2, 0) is 20.8 Å². The van der Waals surface area contributed by atoms with Crippen LogP contribution in [0.15, 0.2) is 33.6 Å². The predicted molar refractivity (Wildman–Crippen MR) is 72.9 cm³/mol. The summed E-state index contributed by atoms with van der Waals surface area (Å²) in [5.41, 5.74) is 0. The quantitative estimate of drug-likeness (QED) is 0.854. The van der Waals surface area contributed by atoms with Gasteiger partial charge in [-0.2, -0.15) is 0 Å². The fourth-order valence-corrected chi connectivity index (χ4v) is 3.18. The largest absolute Gasteiger partial charge is 0.260 e. The van der Waals surface area contributed by atoms with Crippen molar-refractivity contribution in [1.29, 1.82) is 0 Å². The van der Waals surface area contributed by atoms with Crippen LogP contribution < -0.4 is 4.72 Å². The lowest BCUT2D eigenvalue weighted by Crippen LogP contribution is -2.28. The number of sulfonamides is 1. The number of rotatable bonds is 6. The maximum atomic E-state index is 11.8. The molecule has 17 heavy (non-hydrogen) atoms. The van der Waals surface area contributed by atoms with Crippen LogP contribution >= 0.6 is 15.9 Å². The van der Waals surface area contributed by atoms with E-state index in [-0.39, 0.29) is 11.4 Å². The zero-order valence-electron chi connectivity index (χ0n) is 9.35. The molecular weight excluding hydrogens is 326 g/mol. The van der Waals surface area contributed by atoms with Crippen LogP contribution in [0.25, 0.3) is 0 Å². The number of hydrogen-bond donors (Lipinski definition) is 1. The molecule has 1 aromatic rings. The van der Waals surface area contributed by atoms with Crippen molar-refractivity contribution >= 4 is 36.8 Å². The van der Waals surface area contributed by atoms with Crippen molar-refractivity contribution < 1.29 is 12.6 Å². The van der Waals surface area contributed by atoms with Gasteiger partial charge in [-0.3, -0.25) is 4.21 Å². The van der Waals surface area contributed by atoms with Crippen molar-refractivity contribution in [2.45, 2.75) is 11.8 Å². The Morgan fingerprint density at radius 2 is 1.88 bits per heavy atom. The third-order valence-corrected chi connectivity index (χ3v) is 5.38. The first kappa shape index (κ1) is 14.8. The van der Waals surface area contributed by atoms with Gasteiger partial charge in [0, 0.05) is 33.3 Å². The Morgan fingerprint density at radius 3 is 2.41 bits per heavy atom. The van der Waals surface area contributed by atoms with E-state index < -0.39 is 20.8 Å². The van der Waals surface area contributed by atoms with Crippen molar-refractivity contribution in [1.82, 2.24) is 4.72 Å². The zero-order valence-corrected chi connectivity index (χ0v) is 12.6. The highest BCUT2D eigenvalue weighted by Gasteiger charge is 2.13. The Balaban J connectivity index is 2.63. The lowest BCUT2D eigenvalue weighted by atomic mass is 10.4. The smallest absolute Gasteiger partial charge is 0.240 e. The van der Waals surface area contributed by atoms with Gasteiger partial charge >= 0.3 is 0 Å². The van der Waals surface area contributed by atoms with Crippen LogP contribution in [0, 0.1) is 0 Å². The zero-order chi connectivity index (χ0) is 12.9. The number of hydrogen-bond acceptors (Lipinski definition) is 3. The summed E-state index contributed by atoms with van der Waals surface area (Å²) < 4.78 is 38.0. The monoisotopic (exact) mass is 339 g/mol. The maximum Gasteiger partial charge on any atom is 0.240 e. The van der Waals surface area contributed by atoms with E-state index in [1.54, 1.807) is 19.1 Å². The first-order valence-corrected chi connectivity index (χ1v) is 8.82. The number of benzene rings is 1. The molecule has 0 fully saturated rings. The molecule has 1 unspecified atom stereocenters. The molecule has 0 saturated heterocycles. The standard InChI is InChI=1S/C10H14BrNO3S2/c1-2-16(13)8-7-12-17(14,15)10-5-3-9(11)4-6-10/h3-6,12H,2,7-8H2,1H3. The molecule has 7 heteroatoms. The molecule has 96 valence electrons. The van der Waals surface area contributed by atoms with E-state index in [1.165, 1.54) is 12.1 Å². The summed E-state index contributed by atoms with van der Waals surface area (Å²) in [5, 5.41) is 0. The van der Waals surface area contributed by atoms with Crippen LogP contribution in [0.4, 0.5) is 0 Å². The molecule has 0 spiro atoms. The summed E-state index contributed by atoms with van der Waals surface area (Å²) in [6.07, 6.45) is 0. The first-order chi connectivity index (χ1) is 7.95. The fraction of sp³-hybridized carbons (Fsp3) is 0.400. The molecule has 1 N–H and O–H groups in total. The van der Waals surface area contributed by atoms with Crippen LogP contribution in [0.1, 0.15) is 6.92 Å². The Hall–Kier alpha value is -0.240. The van der Waals surface area contributed by atoms with Gasteiger partial charge in [-0.15, -0.1) is 0 Å². The van der Waals surface area contributed by atoms with Crippen molar-refractivity contribution in [3.05, 3.63) is 28.7 Å². The highest BCUT2D eigenvalue weighted by atomic mass is 79.9. The van der Waals surface area contributed by atoms with Gasteiger partial charge in [-0.1, -0.05) is 22.9 Å². The molecule has 1 atom stereocenters. The summed E-state index contributed by atoms with van der Waals surface area (Å²) in [6, 6.07) is 6.37. The first-order valence-electron chi connectivity index (χ1n) is 5.06. The second kappa shape index (κ2) is 6.63. The van der Waals surface area contributed by atoms with Gasteiger partial charge in [0.25, 0.3) is 0 Å². The SMILES string of the molecule is CCS(=O)CCNS(=O)(=O)c1ccc(Br)cc1. The van der Waals surface area contributed by atoms with Gasteiger partial charge in [0.05, 0.1) is 4.90 Å². The van der Waals surface area contributed by atoms with E-state index in [9.17, 15) is 12.6 Å². The van der Waals surface area contributed by atoms with E-state index in [0.29, 0.717) is 11.5 Å². The minimum atomic E-state index is -3.49. The Kier molecular flexibility index (Phi) is 5.78. The maximum absolute atomic E-state index is 11.8. The van der Waals surface area contributed by atoms with Gasteiger partial charge in [0.1, 0.15) is 0 Å². The topological polar surface area (TPSA) is 63.2 Å². The minimum Gasteiger partial charge on any atom is -0.260 e. The lowest BCUT2D eigenvalue weighted by Gasteiger charge is -2.06. The van der Waals surface area contributed by atoms with Gasteiger partial charge in [0.2, 0.25) is 10.0 Å². The van der Waals surface area contributed by atoms with Gasteiger partial charge in [-0.25, -0.2) is 13.1 Å². The molecule has 0 aliphatic heterocycles. The molecule has 1 aromatic carbocycles. The van der Waals surface area contributed by atoms with E-state index in [0.717, 1.165) is 4.47 Å². The highest BCUT2D eigenvalue weighted by molar-refractivity contribution is 9.10. The predicted octanol–water partition coefficient (Wildman–Crippen LogP) is 1.50. The Morgan fingerprint density at radius 1 is 1.29 bits per heavy atom. The number of nitrogens with one attached hydrogen (secondary N) is 1. The van der Waals surface area contributed by atoms with Crippen molar-refractivity contribution in [2.75, 3.05) is 18.1 Å². The fourth-order valence-electron chi connectivity index (χ4n) is 1.13. The lowest BCUT2D eigenvalue weighted by molar-refractivity contribution is 0.584. The second-order valence-corrected chi connectivity index (χ2v) is 7.83. The van der Waals surface area contributed by atoms with E-state index >= 15 is 0 Å². The molecule has 0 aliphatic rings. The van der Waals surface area contributed by atoms with Crippen molar-refractivity contribution in [2.24, 2.45) is 0 Å². The average Bonchev–Trinajstić information content (AvgIpc) is 2.29. The van der Waals surface area contributed by atoms with Crippen molar-refractivity contribution in [3.63, 3.8) is 0 Å². The highest BCUT2D eigenvalue weighted by Crippen LogP contribution is 2.14. The molecule has 0 aliphatic carbocycles. The Bertz CT molecular complexity index is 485.